The first-order valence-electron chi connectivity index (χ1n) is 8.01. The second-order valence-corrected chi connectivity index (χ2v) is 5.72. The molecule has 2 aromatic heterocycles. The number of anilines is 1. The van der Waals surface area contributed by atoms with Crippen LogP contribution in [0.15, 0.2) is 53.1 Å². The highest BCUT2D eigenvalue weighted by Crippen LogP contribution is 2.31. The molecular formula is C19H16N4O3. The SMILES string of the molecule is COc1ccnc(NNC(=O)c2oc3c(ccc4ccccc43)c2C)n1. The molecule has 0 aliphatic rings. The lowest BCUT2D eigenvalue weighted by molar-refractivity contribution is 0.0936. The van der Waals surface area contributed by atoms with Gasteiger partial charge in [-0.05, 0) is 12.3 Å². The fourth-order valence-electron chi connectivity index (χ4n) is 2.85. The molecule has 7 nitrogen and oxygen atoms in total. The normalized spacial score (nSPS) is 10.8. The van der Waals surface area contributed by atoms with Gasteiger partial charge in [-0.1, -0.05) is 36.4 Å². The van der Waals surface area contributed by atoms with Crippen LogP contribution in [-0.2, 0) is 0 Å². The summed E-state index contributed by atoms with van der Waals surface area (Å²) in [6, 6.07) is 13.5. The summed E-state index contributed by atoms with van der Waals surface area (Å²) >= 11 is 0. The minimum absolute atomic E-state index is 0.219. The number of amides is 1. The highest BCUT2D eigenvalue weighted by Gasteiger charge is 2.19. The minimum Gasteiger partial charge on any atom is -0.481 e. The summed E-state index contributed by atoms with van der Waals surface area (Å²) in [4.78, 5) is 20.6. The number of nitrogens with one attached hydrogen (secondary N) is 2. The zero-order valence-electron chi connectivity index (χ0n) is 14.2. The molecule has 0 bridgehead atoms. The van der Waals surface area contributed by atoms with Crippen LogP contribution in [-0.4, -0.2) is 23.0 Å². The number of hydrogen-bond donors (Lipinski definition) is 2. The number of benzene rings is 2. The average molecular weight is 348 g/mol. The molecule has 1 amide bonds. The molecule has 0 saturated carbocycles. The number of hydrogen-bond acceptors (Lipinski definition) is 6. The van der Waals surface area contributed by atoms with Crippen molar-refractivity contribution in [2.45, 2.75) is 6.92 Å². The van der Waals surface area contributed by atoms with Crippen LogP contribution < -0.4 is 15.6 Å². The standard InChI is InChI=1S/C19H16N4O3/c1-11-13-8-7-12-5-3-4-6-14(12)17(13)26-16(11)18(24)22-23-19-20-10-9-15(21-19)25-2/h3-10H,1-2H3,(H,22,24)(H,20,21,23). The largest absolute Gasteiger partial charge is 0.481 e. The van der Waals surface area contributed by atoms with Crippen molar-refractivity contribution < 1.29 is 13.9 Å². The maximum atomic E-state index is 12.5. The van der Waals surface area contributed by atoms with E-state index in [1.54, 1.807) is 6.07 Å². The number of methoxy groups -OCH3 is 1. The van der Waals surface area contributed by atoms with Gasteiger partial charge in [-0.15, -0.1) is 0 Å². The van der Waals surface area contributed by atoms with E-state index in [9.17, 15) is 4.79 Å². The van der Waals surface area contributed by atoms with E-state index < -0.39 is 5.91 Å². The fourth-order valence-corrected chi connectivity index (χ4v) is 2.85. The molecule has 0 aliphatic heterocycles. The average Bonchev–Trinajstić information content (AvgIpc) is 3.03. The van der Waals surface area contributed by atoms with Crippen LogP contribution in [0.4, 0.5) is 5.95 Å². The number of ether oxygens (including phenoxy) is 1. The van der Waals surface area contributed by atoms with Crippen molar-refractivity contribution in [2.24, 2.45) is 0 Å². The summed E-state index contributed by atoms with van der Waals surface area (Å²) in [5.41, 5.74) is 6.69. The molecule has 0 atom stereocenters. The molecule has 26 heavy (non-hydrogen) atoms. The van der Waals surface area contributed by atoms with Gasteiger partial charge in [-0.3, -0.25) is 15.6 Å². The van der Waals surface area contributed by atoms with Gasteiger partial charge < -0.3 is 9.15 Å². The summed E-state index contributed by atoms with van der Waals surface area (Å²) in [6.45, 7) is 1.86. The first kappa shape index (κ1) is 15.9. The Labute approximate surface area is 149 Å². The van der Waals surface area contributed by atoms with E-state index >= 15 is 0 Å². The third-order valence-electron chi connectivity index (χ3n) is 4.16. The van der Waals surface area contributed by atoms with Crippen LogP contribution in [0.3, 0.4) is 0 Å². The predicted molar refractivity (Wildman–Crippen MR) is 98.1 cm³/mol. The number of aromatic nitrogens is 2. The second-order valence-electron chi connectivity index (χ2n) is 5.72. The molecule has 0 radical (unpaired) electrons. The predicted octanol–water partition coefficient (Wildman–Crippen LogP) is 3.45. The number of nitrogens with zero attached hydrogens (tertiary/aromatic N) is 2. The monoisotopic (exact) mass is 348 g/mol. The Morgan fingerprint density at radius 3 is 2.81 bits per heavy atom. The molecule has 2 heterocycles. The first-order valence-corrected chi connectivity index (χ1v) is 8.01. The number of carbonyl (C=O) groups is 1. The van der Waals surface area contributed by atoms with Gasteiger partial charge in [0.15, 0.2) is 5.76 Å². The fraction of sp³-hybridized carbons (Fsp3) is 0.105. The summed E-state index contributed by atoms with van der Waals surface area (Å²) in [5, 5.41) is 2.94. The third kappa shape index (κ3) is 2.69. The lowest BCUT2D eigenvalue weighted by atomic mass is 10.1. The molecule has 4 aromatic rings. The van der Waals surface area contributed by atoms with E-state index in [1.807, 2.05) is 43.3 Å². The number of hydrazine groups is 1. The minimum atomic E-state index is -0.408. The Balaban J connectivity index is 1.64. The van der Waals surface area contributed by atoms with Crippen molar-refractivity contribution in [1.29, 1.82) is 0 Å². The highest BCUT2D eigenvalue weighted by molar-refractivity contribution is 6.08. The van der Waals surface area contributed by atoms with Crippen LogP contribution in [0.5, 0.6) is 5.88 Å². The van der Waals surface area contributed by atoms with Gasteiger partial charge >= 0.3 is 5.91 Å². The smallest absolute Gasteiger partial charge is 0.305 e. The molecule has 2 N–H and O–H groups in total. The third-order valence-corrected chi connectivity index (χ3v) is 4.16. The van der Waals surface area contributed by atoms with E-state index in [0.29, 0.717) is 11.5 Å². The van der Waals surface area contributed by atoms with E-state index in [-0.39, 0.29) is 11.7 Å². The van der Waals surface area contributed by atoms with Gasteiger partial charge in [0.05, 0.1) is 7.11 Å². The highest BCUT2D eigenvalue weighted by atomic mass is 16.5. The van der Waals surface area contributed by atoms with Crippen molar-refractivity contribution in [3.05, 3.63) is 60.0 Å². The van der Waals surface area contributed by atoms with Crippen molar-refractivity contribution in [3.63, 3.8) is 0 Å². The van der Waals surface area contributed by atoms with Gasteiger partial charge in [0.25, 0.3) is 0 Å². The van der Waals surface area contributed by atoms with Gasteiger partial charge in [0.2, 0.25) is 11.8 Å². The maximum Gasteiger partial charge on any atom is 0.305 e. The van der Waals surface area contributed by atoms with Crippen LogP contribution >= 0.6 is 0 Å². The van der Waals surface area contributed by atoms with E-state index in [0.717, 1.165) is 21.7 Å². The number of fused-ring (bicyclic) bond motifs is 3. The van der Waals surface area contributed by atoms with Crippen molar-refractivity contribution >= 4 is 33.6 Å². The summed E-state index contributed by atoms with van der Waals surface area (Å²) < 4.78 is 10.9. The summed E-state index contributed by atoms with van der Waals surface area (Å²) in [7, 11) is 1.51. The lowest BCUT2D eigenvalue weighted by Crippen LogP contribution is -2.30. The Hall–Kier alpha value is -3.61. The van der Waals surface area contributed by atoms with E-state index in [4.69, 9.17) is 9.15 Å². The summed E-state index contributed by atoms with van der Waals surface area (Å²) in [5.74, 6) is 0.445. The number of rotatable bonds is 4. The topological polar surface area (TPSA) is 89.3 Å². The maximum absolute atomic E-state index is 12.5. The molecule has 0 aliphatic carbocycles. The van der Waals surface area contributed by atoms with Gasteiger partial charge in [0, 0.05) is 28.6 Å². The van der Waals surface area contributed by atoms with Crippen LogP contribution in [0, 0.1) is 6.92 Å². The zero-order chi connectivity index (χ0) is 18.1. The van der Waals surface area contributed by atoms with Crippen molar-refractivity contribution in [2.75, 3.05) is 12.5 Å². The summed E-state index contributed by atoms with van der Waals surface area (Å²) in [6.07, 6.45) is 1.53. The van der Waals surface area contributed by atoms with Crippen LogP contribution in [0.2, 0.25) is 0 Å². The number of furan rings is 1. The van der Waals surface area contributed by atoms with Crippen molar-refractivity contribution in [1.82, 2.24) is 15.4 Å². The molecule has 2 aromatic carbocycles. The van der Waals surface area contributed by atoms with E-state index in [1.165, 1.54) is 13.3 Å². The number of aryl methyl sites for hydroxylation is 1. The van der Waals surface area contributed by atoms with Gasteiger partial charge in [-0.2, -0.15) is 4.98 Å². The molecule has 0 unspecified atom stereocenters. The molecule has 4 rings (SSSR count). The van der Waals surface area contributed by atoms with Gasteiger partial charge in [0.1, 0.15) is 5.58 Å². The quantitative estimate of drug-likeness (QED) is 0.549. The lowest BCUT2D eigenvalue weighted by Gasteiger charge is -2.06. The molecule has 130 valence electrons. The molecular weight excluding hydrogens is 332 g/mol. The van der Waals surface area contributed by atoms with Crippen LogP contribution in [0.1, 0.15) is 16.1 Å². The Kier molecular flexibility index (Phi) is 3.89. The zero-order valence-corrected chi connectivity index (χ0v) is 14.2. The second kappa shape index (κ2) is 6.36. The molecule has 0 saturated heterocycles. The number of carbonyl (C=O) groups excluding carboxylic acids is 1. The van der Waals surface area contributed by atoms with E-state index in [2.05, 4.69) is 20.8 Å². The van der Waals surface area contributed by atoms with Crippen molar-refractivity contribution in [3.8, 4) is 5.88 Å². The molecule has 0 fully saturated rings. The molecule has 0 spiro atoms. The Morgan fingerprint density at radius 1 is 1.12 bits per heavy atom. The Bertz CT molecular complexity index is 1120. The van der Waals surface area contributed by atoms with Crippen LogP contribution in [0.25, 0.3) is 21.7 Å². The Morgan fingerprint density at radius 2 is 1.96 bits per heavy atom. The van der Waals surface area contributed by atoms with Gasteiger partial charge in [-0.25, -0.2) is 4.98 Å². The molecule has 7 heteroatoms. The first-order chi connectivity index (χ1) is 12.7.